The smallest absolute Gasteiger partial charge is 0.126 e. The van der Waals surface area contributed by atoms with Gasteiger partial charge < -0.3 is 11.1 Å². The minimum Gasteiger partial charge on any atom is -0.397 e. The third-order valence-corrected chi connectivity index (χ3v) is 2.74. The monoisotopic (exact) mass is 245 g/mol. The number of aryl methyl sites for hydroxylation is 3. The van der Waals surface area contributed by atoms with Gasteiger partial charge in [-0.1, -0.05) is 0 Å². The number of nitrogen functional groups attached to an aromatic ring is 1. The van der Waals surface area contributed by atoms with Crippen LogP contribution in [0.3, 0.4) is 0 Å². The molecule has 0 radical (unpaired) electrons. The summed E-state index contributed by atoms with van der Waals surface area (Å²) in [6.07, 6.45) is 2.66. The predicted octanol–water partition coefficient (Wildman–Crippen LogP) is 1.98. The molecule has 2 aromatic heterocycles. The zero-order valence-corrected chi connectivity index (χ0v) is 10.8. The van der Waals surface area contributed by atoms with E-state index in [1.165, 1.54) is 5.69 Å². The Kier molecular flexibility index (Phi) is 3.82. The SMILES string of the molecule is Cc1cc(C)n(CCCNc2ccc(N)cn2)n1. The molecule has 2 heterocycles. The number of nitrogens with two attached hydrogens (primary N) is 1. The molecule has 0 saturated carbocycles. The molecule has 0 bridgehead atoms. The second kappa shape index (κ2) is 5.53. The molecular weight excluding hydrogens is 226 g/mol. The van der Waals surface area contributed by atoms with Crippen LogP contribution in [0.1, 0.15) is 17.8 Å². The van der Waals surface area contributed by atoms with Gasteiger partial charge in [-0.3, -0.25) is 4.68 Å². The van der Waals surface area contributed by atoms with Crippen molar-refractivity contribution in [3.63, 3.8) is 0 Å². The fourth-order valence-corrected chi connectivity index (χ4v) is 1.86. The molecule has 0 aliphatic heterocycles. The molecule has 2 rings (SSSR count). The Morgan fingerprint density at radius 1 is 1.33 bits per heavy atom. The largest absolute Gasteiger partial charge is 0.397 e. The van der Waals surface area contributed by atoms with Gasteiger partial charge in [0, 0.05) is 18.8 Å². The molecule has 0 aliphatic rings. The van der Waals surface area contributed by atoms with E-state index < -0.39 is 0 Å². The highest BCUT2D eigenvalue weighted by atomic mass is 15.3. The van der Waals surface area contributed by atoms with Gasteiger partial charge in [0.2, 0.25) is 0 Å². The molecule has 0 fully saturated rings. The molecule has 0 saturated heterocycles. The first-order valence-corrected chi connectivity index (χ1v) is 6.11. The van der Waals surface area contributed by atoms with Crippen molar-refractivity contribution in [2.75, 3.05) is 17.6 Å². The fourth-order valence-electron chi connectivity index (χ4n) is 1.86. The molecule has 0 unspecified atom stereocenters. The van der Waals surface area contributed by atoms with E-state index in [9.17, 15) is 0 Å². The lowest BCUT2D eigenvalue weighted by Gasteiger charge is -2.07. The minimum atomic E-state index is 0.684. The average Bonchev–Trinajstić information content (AvgIpc) is 2.66. The molecule has 0 aliphatic carbocycles. The Bertz CT molecular complexity index is 501. The van der Waals surface area contributed by atoms with Crippen LogP contribution in [0, 0.1) is 13.8 Å². The highest BCUT2D eigenvalue weighted by molar-refractivity contribution is 5.43. The van der Waals surface area contributed by atoms with E-state index in [1.807, 2.05) is 23.7 Å². The molecule has 5 heteroatoms. The molecule has 0 aromatic carbocycles. The van der Waals surface area contributed by atoms with Gasteiger partial charge in [0.1, 0.15) is 5.82 Å². The Morgan fingerprint density at radius 2 is 2.17 bits per heavy atom. The van der Waals surface area contributed by atoms with Crippen molar-refractivity contribution >= 4 is 11.5 Å². The van der Waals surface area contributed by atoms with Crippen LogP contribution in [0.5, 0.6) is 0 Å². The van der Waals surface area contributed by atoms with Crippen LogP contribution in [-0.4, -0.2) is 21.3 Å². The van der Waals surface area contributed by atoms with Gasteiger partial charge in [0.05, 0.1) is 17.6 Å². The zero-order valence-electron chi connectivity index (χ0n) is 10.8. The van der Waals surface area contributed by atoms with Gasteiger partial charge in [-0.15, -0.1) is 0 Å². The van der Waals surface area contributed by atoms with E-state index in [-0.39, 0.29) is 0 Å². The van der Waals surface area contributed by atoms with Crippen molar-refractivity contribution in [3.8, 4) is 0 Å². The summed E-state index contributed by atoms with van der Waals surface area (Å²) in [6, 6.07) is 5.82. The summed E-state index contributed by atoms with van der Waals surface area (Å²) >= 11 is 0. The summed E-state index contributed by atoms with van der Waals surface area (Å²) in [5.41, 5.74) is 8.53. The lowest BCUT2D eigenvalue weighted by Crippen LogP contribution is -2.09. The number of rotatable bonds is 5. The predicted molar refractivity (Wildman–Crippen MR) is 73.5 cm³/mol. The summed E-state index contributed by atoms with van der Waals surface area (Å²) in [6.45, 7) is 5.88. The van der Waals surface area contributed by atoms with Gasteiger partial charge in [0.25, 0.3) is 0 Å². The zero-order chi connectivity index (χ0) is 13.0. The van der Waals surface area contributed by atoms with Crippen LogP contribution >= 0.6 is 0 Å². The summed E-state index contributed by atoms with van der Waals surface area (Å²) in [5.74, 6) is 0.859. The van der Waals surface area contributed by atoms with E-state index in [0.717, 1.165) is 31.0 Å². The molecular formula is C13H19N5. The maximum Gasteiger partial charge on any atom is 0.126 e. The summed E-state index contributed by atoms with van der Waals surface area (Å²) in [7, 11) is 0. The fraction of sp³-hybridized carbons (Fsp3) is 0.385. The lowest BCUT2D eigenvalue weighted by molar-refractivity contribution is 0.573. The summed E-state index contributed by atoms with van der Waals surface area (Å²) in [5, 5.41) is 7.68. The van der Waals surface area contributed by atoms with E-state index in [1.54, 1.807) is 6.20 Å². The van der Waals surface area contributed by atoms with Crippen molar-refractivity contribution in [1.82, 2.24) is 14.8 Å². The van der Waals surface area contributed by atoms with E-state index in [4.69, 9.17) is 5.73 Å². The quantitative estimate of drug-likeness (QED) is 0.790. The normalized spacial score (nSPS) is 10.6. The number of hydrogen-bond donors (Lipinski definition) is 2. The van der Waals surface area contributed by atoms with Gasteiger partial charge in [-0.05, 0) is 38.5 Å². The molecule has 5 nitrogen and oxygen atoms in total. The van der Waals surface area contributed by atoms with Crippen molar-refractivity contribution in [2.24, 2.45) is 0 Å². The Hall–Kier alpha value is -2.04. The van der Waals surface area contributed by atoms with E-state index in [0.29, 0.717) is 5.69 Å². The third kappa shape index (κ3) is 3.23. The standard InChI is InChI=1S/C13H19N5/c1-10-8-11(2)18(17-10)7-3-6-15-13-5-4-12(14)9-16-13/h4-5,8-9H,3,6-7,14H2,1-2H3,(H,15,16). The first-order valence-electron chi connectivity index (χ1n) is 6.11. The second-order valence-corrected chi connectivity index (χ2v) is 4.41. The van der Waals surface area contributed by atoms with Crippen molar-refractivity contribution < 1.29 is 0 Å². The Balaban J connectivity index is 1.76. The minimum absolute atomic E-state index is 0.684. The third-order valence-electron chi connectivity index (χ3n) is 2.74. The maximum atomic E-state index is 5.57. The van der Waals surface area contributed by atoms with Gasteiger partial charge in [-0.2, -0.15) is 5.10 Å². The number of nitrogens with one attached hydrogen (secondary N) is 1. The summed E-state index contributed by atoms with van der Waals surface area (Å²) < 4.78 is 2.04. The number of aromatic nitrogens is 3. The molecule has 18 heavy (non-hydrogen) atoms. The highest BCUT2D eigenvalue weighted by Crippen LogP contribution is 2.06. The Labute approximate surface area is 107 Å². The van der Waals surface area contributed by atoms with Crippen LogP contribution in [0.15, 0.2) is 24.4 Å². The molecule has 2 aromatic rings. The Morgan fingerprint density at radius 3 is 2.78 bits per heavy atom. The van der Waals surface area contributed by atoms with Crippen molar-refractivity contribution in [1.29, 1.82) is 0 Å². The number of nitrogens with zero attached hydrogens (tertiary/aromatic N) is 3. The summed E-state index contributed by atoms with van der Waals surface area (Å²) in [4.78, 5) is 4.19. The lowest BCUT2D eigenvalue weighted by atomic mass is 10.3. The van der Waals surface area contributed by atoms with Crippen LogP contribution in [0.25, 0.3) is 0 Å². The first kappa shape index (κ1) is 12.4. The molecule has 0 spiro atoms. The van der Waals surface area contributed by atoms with Crippen molar-refractivity contribution in [3.05, 3.63) is 35.8 Å². The second-order valence-electron chi connectivity index (χ2n) is 4.41. The van der Waals surface area contributed by atoms with Crippen LogP contribution < -0.4 is 11.1 Å². The van der Waals surface area contributed by atoms with Crippen LogP contribution in [-0.2, 0) is 6.54 Å². The number of pyridine rings is 1. The molecule has 0 amide bonds. The van der Waals surface area contributed by atoms with Crippen LogP contribution in [0.4, 0.5) is 11.5 Å². The van der Waals surface area contributed by atoms with E-state index in [2.05, 4.69) is 28.4 Å². The highest BCUT2D eigenvalue weighted by Gasteiger charge is 2.00. The average molecular weight is 245 g/mol. The molecule has 96 valence electrons. The van der Waals surface area contributed by atoms with Gasteiger partial charge in [0.15, 0.2) is 0 Å². The van der Waals surface area contributed by atoms with Gasteiger partial charge in [-0.25, -0.2) is 4.98 Å². The topological polar surface area (TPSA) is 68.8 Å². The first-order chi connectivity index (χ1) is 8.65. The number of hydrogen-bond acceptors (Lipinski definition) is 4. The van der Waals surface area contributed by atoms with Crippen molar-refractivity contribution in [2.45, 2.75) is 26.8 Å². The van der Waals surface area contributed by atoms with E-state index >= 15 is 0 Å². The van der Waals surface area contributed by atoms with Crippen LogP contribution in [0.2, 0.25) is 0 Å². The molecule has 3 N–H and O–H groups in total. The van der Waals surface area contributed by atoms with Gasteiger partial charge >= 0.3 is 0 Å². The number of anilines is 2. The molecule has 0 atom stereocenters. The maximum absolute atomic E-state index is 5.57.